The van der Waals surface area contributed by atoms with E-state index in [4.69, 9.17) is 9.47 Å². The Kier molecular flexibility index (Phi) is 8.37. The molecule has 0 aliphatic carbocycles. The molecule has 0 radical (unpaired) electrons. The van der Waals surface area contributed by atoms with Gasteiger partial charge in [0, 0.05) is 46.4 Å². The van der Waals surface area contributed by atoms with E-state index in [1.54, 1.807) is 13.3 Å². The first-order valence-corrected chi connectivity index (χ1v) is 9.73. The van der Waals surface area contributed by atoms with E-state index in [-0.39, 0.29) is 6.10 Å². The monoisotopic (exact) mass is 428 g/mol. The lowest BCUT2D eigenvalue weighted by Crippen LogP contribution is -2.53. The average molecular weight is 429 g/mol. The van der Waals surface area contributed by atoms with Gasteiger partial charge in [0.15, 0.2) is 5.96 Å². The second kappa shape index (κ2) is 10.5. The van der Waals surface area contributed by atoms with Crippen LogP contribution in [-0.4, -0.2) is 80.4 Å². The van der Waals surface area contributed by atoms with Crippen LogP contribution in [0.1, 0.15) is 20.3 Å². The van der Waals surface area contributed by atoms with Gasteiger partial charge in [-0.25, -0.2) is 4.98 Å². The number of ether oxygens (including phenoxy) is 2. The largest absolute Gasteiger partial charge is 0.480 e. The molecule has 2 heterocycles. The summed E-state index contributed by atoms with van der Waals surface area (Å²) in [5.41, 5.74) is 0. The van der Waals surface area contributed by atoms with E-state index in [1.165, 1.54) is 0 Å². The molecule has 0 aromatic carbocycles. The summed E-state index contributed by atoms with van der Waals surface area (Å²) in [6.07, 6.45) is 2.97. The van der Waals surface area contributed by atoms with E-state index < -0.39 is 0 Å². The van der Waals surface area contributed by atoms with Crippen LogP contribution in [0.2, 0.25) is 0 Å². The van der Waals surface area contributed by atoms with Crippen molar-refractivity contribution in [1.82, 2.24) is 20.2 Å². The van der Waals surface area contributed by atoms with Gasteiger partial charge in [-0.15, -0.1) is 0 Å². The number of aliphatic imine (C=N–C) groups is 1. The summed E-state index contributed by atoms with van der Waals surface area (Å²) in [6.45, 7) is 9.12. The summed E-state index contributed by atoms with van der Waals surface area (Å²) < 4.78 is 11.6. The van der Waals surface area contributed by atoms with E-state index in [9.17, 15) is 0 Å². The Bertz CT molecular complexity index is 591. The van der Waals surface area contributed by atoms with Gasteiger partial charge in [0.1, 0.15) is 0 Å². The Morgan fingerprint density at radius 3 is 2.69 bits per heavy atom. The lowest BCUT2D eigenvalue weighted by molar-refractivity contribution is 0.0775. The SMILES string of the molecule is CN=C(NCCCOC(C)C)N1CCN(c2ncc(Br)c(OC)n2)CC1. The van der Waals surface area contributed by atoms with Gasteiger partial charge in [-0.2, -0.15) is 4.98 Å². The Morgan fingerprint density at radius 2 is 2.08 bits per heavy atom. The number of guanidine groups is 1. The molecule has 1 saturated heterocycles. The normalized spacial score (nSPS) is 15.5. The summed E-state index contributed by atoms with van der Waals surface area (Å²) in [6, 6.07) is 0. The maximum absolute atomic E-state index is 5.57. The smallest absolute Gasteiger partial charge is 0.232 e. The van der Waals surface area contributed by atoms with E-state index >= 15 is 0 Å². The molecule has 0 atom stereocenters. The van der Waals surface area contributed by atoms with E-state index in [2.05, 4.69) is 59.9 Å². The van der Waals surface area contributed by atoms with E-state index in [0.29, 0.717) is 11.8 Å². The Labute approximate surface area is 164 Å². The molecule has 146 valence electrons. The summed E-state index contributed by atoms with van der Waals surface area (Å²) in [5.74, 6) is 2.18. The zero-order chi connectivity index (χ0) is 18.9. The van der Waals surface area contributed by atoms with Crippen molar-refractivity contribution in [2.75, 3.05) is 58.4 Å². The zero-order valence-corrected chi connectivity index (χ0v) is 17.6. The van der Waals surface area contributed by atoms with Crippen molar-refractivity contribution in [3.05, 3.63) is 10.7 Å². The highest BCUT2D eigenvalue weighted by molar-refractivity contribution is 9.10. The minimum atomic E-state index is 0.279. The molecule has 0 saturated carbocycles. The number of hydrogen-bond acceptors (Lipinski definition) is 6. The Morgan fingerprint density at radius 1 is 1.35 bits per heavy atom. The quantitative estimate of drug-likeness (QED) is 0.402. The number of nitrogens with one attached hydrogen (secondary N) is 1. The van der Waals surface area contributed by atoms with Crippen molar-refractivity contribution in [1.29, 1.82) is 0 Å². The third-order valence-corrected chi connectivity index (χ3v) is 4.57. The molecule has 1 aliphatic rings. The summed E-state index contributed by atoms with van der Waals surface area (Å²) in [4.78, 5) is 17.7. The number of nitrogens with zero attached hydrogens (tertiary/aromatic N) is 5. The highest BCUT2D eigenvalue weighted by Gasteiger charge is 2.22. The fraction of sp³-hybridized carbons (Fsp3) is 0.706. The van der Waals surface area contributed by atoms with Crippen LogP contribution >= 0.6 is 15.9 Å². The van der Waals surface area contributed by atoms with Gasteiger partial charge in [-0.1, -0.05) is 0 Å². The van der Waals surface area contributed by atoms with Crippen molar-refractivity contribution in [2.24, 2.45) is 4.99 Å². The number of rotatable bonds is 7. The van der Waals surface area contributed by atoms with Crippen molar-refractivity contribution < 1.29 is 9.47 Å². The van der Waals surface area contributed by atoms with Gasteiger partial charge in [0.25, 0.3) is 0 Å². The van der Waals surface area contributed by atoms with Gasteiger partial charge in [0.2, 0.25) is 11.8 Å². The maximum atomic E-state index is 5.57. The number of piperazine rings is 1. The second-order valence-electron chi connectivity index (χ2n) is 6.25. The molecule has 26 heavy (non-hydrogen) atoms. The molecule has 0 bridgehead atoms. The van der Waals surface area contributed by atoms with Crippen LogP contribution < -0.4 is 15.0 Å². The molecule has 1 aliphatic heterocycles. The van der Waals surface area contributed by atoms with Crippen LogP contribution in [0, 0.1) is 0 Å². The van der Waals surface area contributed by atoms with Crippen molar-refractivity contribution >= 4 is 27.8 Å². The highest BCUT2D eigenvalue weighted by Crippen LogP contribution is 2.23. The van der Waals surface area contributed by atoms with Crippen molar-refractivity contribution in [3.8, 4) is 5.88 Å². The molecule has 1 N–H and O–H groups in total. The molecule has 8 nitrogen and oxygen atoms in total. The average Bonchev–Trinajstić information content (AvgIpc) is 2.65. The lowest BCUT2D eigenvalue weighted by atomic mass is 10.3. The van der Waals surface area contributed by atoms with E-state index in [0.717, 1.165) is 56.2 Å². The number of hydrogen-bond donors (Lipinski definition) is 1. The third-order valence-electron chi connectivity index (χ3n) is 4.02. The van der Waals surface area contributed by atoms with Crippen molar-refractivity contribution in [2.45, 2.75) is 26.4 Å². The van der Waals surface area contributed by atoms with Crippen LogP contribution in [0.5, 0.6) is 5.88 Å². The lowest BCUT2D eigenvalue weighted by Gasteiger charge is -2.36. The van der Waals surface area contributed by atoms with Gasteiger partial charge < -0.3 is 24.6 Å². The minimum Gasteiger partial charge on any atom is -0.480 e. The van der Waals surface area contributed by atoms with Crippen LogP contribution in [0.3, 0.4) is 0 Å². The van der Waals surface area contributed by atoms with E-state index in [1.807, 2.05) is 7.05 Å². The highest BCUT2D eigenvalue weighted by atomic mass is 79.9. The minimum absolute atomic E-state index is 0.279. The third kappa shape index (κ3) is 5.98. The first kappa shape index (κ1) is 20.7. The summed E-state index contributed by atoms with van der Waals surface area (Å²) in [5, 5.41) is 3.41. The molecule has 0 spiro atoms. The number of anilines is 1. The topological polar surface area (TPSA) is 75.1 Å². The van der Waals surface area contributed by atoms with Gasteiger partial charge in [-0.3, -0.25) is 4.99 Å². The molecule has 9 heteroatoms. The summed E-state index contributed by atoms with van der Waals surface area (Å²) in [7, 11) is 3.43. The first-order chi connectivity index (χ1) is 12.5. The van der Waals surface area contributed by atoms with Crippen molar-refractivity contribution in [3.63, 3.8) is 0 Å². The molecular weight excluding hydrogens is 400 g/mol. The molecule has 1 fully saturated rings. The molecule has 0 unspecified atom stereocenters. The Hall–Kier alpha value is -1.61. The maximum Gasteiger partial charge on any atom is 0.232 e. The summed E-state index contributed by atoms with van der Waals surface area (Å²) >= 11 is 3.39. The zero-order valence-electron chi connectivity index (χ0n) is 16.0. The first-order valence-electron chi connectivity index (χ1n) is 8.93. The standard InChI is InChI=1S/C17H29BrN6O2/c1-13(2)26-11-5-6-20-16(19-3)23-7-9-24(10-8-23)17-21-12-14(18)15(22-17)25-4/h12-13H,5-11H2,1-4H3,(H,19,20). The number of methoxy groups -OCH3 is 1. The van der Waals surface area contributed by atoms with Crippen LogP contribution in [0.15, 0.2) is 15.7 Å². The molecule has 1 aromatic rings. The molecule has 1 aromatic heterocycles. The number of aromatic nitrogens is 2. The fourth-order valence-corrected chi connectivity index (χ4v) is 3.03. The Balaban J connectivity index is 1.81. The number of halogens is 1. The van der Waals surface area contributed by atoms with Gasteiger partial charge in [-0.05, 0) is 36.2 Å². The molecule has 0 amide bonds. The van der Waals surface area contributed by atoms with Gasteiger partial charge in [0.05, 0.1) is 23.9 Å². The van der Waals surface area contributed by atoms with Crippen LogP contribution in [-0.2, 0) is 4.74 Å². The second-order valence-corrected chi connectivity index (χ2v) is 7.10. The fourth-order valence-electron chi connectivity index (χ4n) is 2.68. The molecule has 2 rings (SSSR count). The van der Waals surface area contributed by atoms with Gasteiger partial charge >= 0.3 is 0 Å². The van der Waals surface area contributed by atoms with Crippen LogP contribution in [0.4, 0.5) is 5.95 Å². The predicted octanol–water partition coefficient (Wildman–Crippen LogP) is 1.76. The van der Waals surface area contributed by atoms with Crippen LogP contribution in [0.25, 0.3) is 0 Å². The predicted molar refractivity (Wildman–Crippen MR) is 107 cm³/mol. The molecular formula is C17H29BrN6O2.